The SMILES string of the molecule is O=C(NCCC[NH+]1CCCCC1)c1ccc([N+](=O)[O-])cc1. The van der Waals surface area contributed by atoms with E-state index in [4.69, 9.17) is 0 Å². The average molecular weight is 292 g/mol. The highest BCUT2D eigenvalue weighted by Gasteiger charge is 2.13. The molecule has 21 heavy (non-hydrogen) atoms. The second-order valence-corrected chi connectivity index (χ2v) is 5.47. The molecule has 1 amide bonds. The van der Waals surface area contributed by atoms with Crippen molar-refractivity contribution in [3.05, 3.63) is 39.9 Å². The fourth-order valence-corrected chi connectivity index (χ4v) is 2.68. The number of nitrogens with zero attached hydrogens (tertiary/aromatic N) is 1. The van der Waals surface area contributed by atoms with E-state index in [1.165, 1.54) is 56.6 Å². The predicted molar refractivity (Wildman–Crippen MR) is 79.5 cm³/mol. The Morgan fingerprint density at radius 3 is 2.48 bits per heavy atom. The number of nitro groups is 1. The van der Waals surface area contributed by atoms with Crippen molar-refractivity contribution in [3.8, 4) is 0 Å². The Hall–Kier alpha value is -1.95. The van der Waals surface area contributed by atoms with E-state index in [1.54, 1.807) is 4.90 Å². The van der Waals surface area contributed by atoms with Crippen LogP contribution < -0.4 is 10.2 Å². The fraction of sp³-hybridized carbons (Fsp3) is 0.533. The Kier molecular flexibility index (Phi) is 5.68. The Morgan fingerprint density at radius 2 is 1.86 bits per heavy atom. The van der Waals surface area contributed by atoms with Crippen molar-refractivity contribution in [3.63, 3.8) is 0 Å². The van der Waals surface area contributed by atoms with Gasteiger partial charge in [-0.2, -0.15) is 0 Å². The molecule has 0 unspecified atom stereocenters. The zero-order valence-corrected chi connectivity index (χ0v) is 12.1. The van der Waals surface area contributed by atoms with Gasteiger partial charge in [0.2, 0.25) is 0 Å². The monoisotopic (exact) mass is 292 g/mol. The Labute approximate surface area is 124 Å². The van der Waals surface area contributed by atoms with Gasteiger partial charge in [0.05, 0.1) is 24.6 Å². The van der Waals surface area contributed by atoms with E-state index in [0.717, 1.165) is 13.0 Å². The van der Waals surface area contributed by atoms with Gasteiger partial charge in [0.1, 0.15) is 0 Å². The molecule has 0 atom stereocenters. The minimum atomic E-state index is -0.469. The van der Waals surface area contributed by atoms with Crippen molar-refractivity contribution in [1.82, 2.24) is 5.32 Å². The highest BCUT2D eigenvalue weighted by molar-refractivity contribution is 5.94. The number of amides is 1. The van der Waals surface area contributed by atoms with Crippen molar-refractivity contribution in [2.75, 3.05) is 26.2 Å². The molecule has 6 nitrogen and oxygen atoms in total. The molecule has 1 aliphatic rings. The number of likely N-dealkylation sites (tertiary alicyclic amines) is 1. The van der Waals surface area contributed by atoms with Crippen LogP contribution in [0.15, 0.2) is 24.3 Å². The van der Waals surface area contributed by atoms with Crippen molar-refractivity contribution >= 4 is 11.6 Å². The minimum absolute atomic E-state index is 0.000230. The molecule has 114 valence electrons. The van der Waals surface area contributed by atoms with Crippen LogP contribution in [0.2, 0.25) is 0 Å². The van der Waals surface area contributed by atoms with Crippen LogP contribution in [0.3, 0.4) is 0 Å². The second kappa shape index (κ2) is 7.73. The molecule has 0 spiro atoms. The van der Waals surface area contributed by atoms with Crippen molar-refractivity contribution in [2.24, 2.45) is 0 Å². The number of carbonyl (C=O) groups is 1. The van der Waals surface area contributed by atoms with E-state index in [0.29, 0.717) is 12.1 Å². The van der Waals surface area contributed by atoms with Crippen LogP contribution in [-0.4, -0.2) is 37.0 Å². The van der Waals surface area contributed by atoms with Crippen LogP contribution >= 0.6 is 0 Å². The lowest BCUT2D eigenvalue weighted by Crippen LogP contribution is -3.12. The Bertz CT molecular complexity index is 481. The fourth-order valence-electron chi connectivity index (χ4n) is 2.68. The normalized spacial score (nSPS) is 15.6. The third kappa shape index (κ3) is 4.82. The van der Waals surface area contributed by atoms with Crippen molar-refractivity contribution in [1.29, 1.82) is 0 Å². The molecule has 0 aromatic heterocycles. The van der Waals surface area contributed by atoms with Crippen LogP contribution in [0.25, 0.3) is 0 Å². The Morgan fingerprint density at radius 1 is 1.19 bits per heavy atom. The molecule has 0 bridgehead atoms. The summed E-state index contributed by atoms with van der Waals surface area (Å²) in [5, 5.41) is 13.4. The van der Waals surface area contributed by atoms with Gasteiger partial charge >= 0.3 is 0 Å². The van der Waals surface area contributed by atoms with Gasteiger partial charge in [-0.25, -0.2) is 0 Å². The molecular formula is C15H22N3O3+. The maximum Gasteiger partial charge on any atom is 0.269 e. The van der Waals surface area contributed by atoms with E-state index >= 15 is 0 Å². The molecule has 1 aromatic carbocycles. The molecule has 1 saturated heterocycles. The standard InChI is InChI=1S/C15H21N3O3/c19-15(13-5-7-14(8-6-13)18(20)21)16-9-4-12-17-10-2-1-3-11-17/h5-8H,1-4,9-12H2,(H,16,19)/p+1. The Balaban J connectivity index is 1.70. The van der Waals surface area contributed by atoms with Crippen molar-refractivity contribution in [2.45, 2.75) is 25.7 Å². The third-order valence-electron chi connectivity index (χ3n) is 3.89. The first-order valence-electron chi connectivity index (χ1n) is 7.53. The third-order valence-corrected chi connectivity index (χ3v) is 3.89. The summed E-state index contributed by atoms with van der Waals surface area (Å²) < 4.78 is 0. The first-order valence-corrected chi connectivity index (χ1v) is 7.53. The molecule has 1 aliphatic heterocycles. The van der Waals surface area contributed by atoms with E-state index in [1.807, 2.05) is 0 Å². The van der Waals surface area contributed by atoms with Gasteiger partial charge in [0, 0.05) is 30.7 Å². The number of piperidine rings is 1. The second-order valence-electron chi connectivity index (χ2n) is 5.47. The quantitative estimate of drug-likeness (QED) is 0.462. The van der Waals surface area contributed by atoms with Crippen molar-refractivity contribution < 1.29 is 14.6 Å². The smallest absolute Gasteiger partial charge is 0.269 e. The topological polar surface area (TPSA) is 76.7 Å². The molecule has 1 aromatic rings. The molecule has 2 N–H and O–H groups in total. The summed E-state index contributed by atoms with van der Waals surface area (Å²) in [7, 11) is 0. The lowest BCUT2D eigenvalue weighted by atomic mass is 10.1. The molecule has 2 rings (SSSR count). The summed E-state index contributed by atoms with van der Waals surface area (Å²) in [5.41, 5.74) is 0.464. The number of hydrogen-bond acceptors (Lipinski definition) is 3. The zero-order chi connectivity index (χ0) is 15.1. The first-order chi connectivity index (χ1) is 10.2. The van der Waals surface area contributed by atoms with E-state index in [2.05, 4.69) is 5.32 Å². The van der Waals surface area contributed by atoms with E-state index in [-0.39, 0.29) is 11.6 Å². The van der Waals surface area contributed by atoms with Gasteiger partial charge < -0.3 is 10.2 Å². The molecule has 0 aliphatic carbocycles. The predicted octanol–water partition coefficient (Wildman–Crippen LogP) is 0.784. The molecule has 1 fully saturated rings. The minimum Gasteiger partial charge on any atom is -0.352 e. The van der Waals surface area contributed by atoms with Crippen LogP contribution in [0.1, 0.15) is 36.0 Å². The summed E-state index contributed by atoms with van der Waals surface area (Å²) in [5.74, 6) is -0.168. The number of nitro benzene ring substituents is 1. The zero-order valence-electron chi connectivity index (χ0n) is 12.1. The van der Waals surface area contributed by atoms with Gasteiger partial charge in [-0.3, -0.25) is 14.9 Å². The maximum absolute atomic E-state index is 11.9. The van der Waals surface area contributed by atoms with Gasteiger partial charge in [-0.15, -0.1) is 0 Å². The number of hydrogen-bond donors (Lipinski definition) is 2. The number of rotatable bonds is 6. The summed E-state index contributed by atoms with van der Waals surface area (Å²) in [6.07, 6.45) is 4.93. The van der Waals surface area contributed by atoms with Gasteiger partial charge in [-0.05, 0) is 31.4 Å². The number of quaternary nitrogens is 1. The van der Waals surface area contributed by atoms with Crippen LogP contribution in [0.5, 0.6) is 0 Å². The molecular weight excluding hydrogens is 270 g/mol. The lowest BCUT2D eigenvalue weighted by Gasteiger charge is -2.23. The number of nitrogens with one attached hydrogen (secondary N) is 2. The number of benzene rings is 1. The maximum atomic E-state index is 11.9. The van der Waals surface area contributed by atoms with Crippen LogP contribution in [0.4, 0.5) is 5.69 Å². The highest BCUT2D eigenvalue weighted by atomic mass is 16.6. The molecule has 6 heteroatoms. The summed E-state index contributed by atoms with van der Waals surface area (Å²) in [4.78, 5) is 23.6. The molecule has 0 radical (unpaired) electrons. The van der Waals surface area contributed by atoms with E-state index < -0.39 is 4.92 Å². The summed E-state index contributed by atoms with van der Waals surface area (Å²) in [6, 6.07) is 5.69. The summed E-state index contributed by atoms with van der Waals surface area (Å²) >= 11 is 0. The number of non-ortho nitro benzene ring substituents is 1. The van der Waals surface area contributed by atoms with Gasteiger partial charge in [-0.1, -0.05) is 0 Å². The molecule has 0 saturated carbocycles. The summed E-state index contributed by atoms with van der Waals surface area (Å²) in [6.45, 7) is 4.24. The lowest BCUT2D eigenvalue weighted by molar-refractivity contribution is -0.904. The van der Waals surface area contributed by atoms with Crippen LogP contribution in [0, 0.1) is 10.1 Å². The first kappa shape index (κ1) is 15.4. The van der Waals surface area contributed by atoms with E-state index in [9.17, 15) is 14.9 Å². The van der Waals surface area contributed by atoms with Gasteiger partial charge in [0.25, 0.3) is 11.6 Å². The number of carbonyl (C=O) groups excluding carboxylic acids is 1. The van der Waals surface area contributed by atoms with Crippen LogP contribution in [-0.2, 0) is 0 Å². The average Bonchev–Trinajstić information content (AvgIpc) is 2.52. The van der Waals surface area contributed by atoms with Gasteiger partial charge in [0.15, 0.2) is 0 Å². The highest BCUT2D eigenvalue weighted by Crippen LogP contribution is 2.11. The molecule has 1 heterocycles. The largest absolute Gasteiger partial charge is 0.352 e.